The number of aryl methyl sites for hydroxylation is 1. The first-order valence-corrected chi connectivity index (χ1v) is 8.12. The molecule has 2 unspecified atom stereocenters. The third kappa shape index (κ3) is 3.03. The van der Waals surface area contributed by atoms with Crippen LogP contribution in [0.25, 0.3) is 0 Å². The topological polar surface area (TPSA) is 29.1 Å². The summed E-state index contributed by atoms with van der Waals surface area (Å²) in [5.41, 5.74) is 4.81. The minimum Gasteiger partial charge on any atom is -0.348 e. The zero-order chi connectivity index (χ0) is 14.8. The SMILES string of the molecule is Cc1ccccc1CC(=O)NC1c2ccccc2CC1Br. The molecular formula is C18H18BrNO. The number of benzene rings is 2. The summed E-state index contributed by atoms with van der Waals surface area (Å²) < 4.78 is 0. The van der Waals surface area contributed by atoms with Gasteiger partial charge in [-0.25, -0.2) is 0 Å². The van der Waals surface area contributed by atoms with Crippen LogP contribution in [0.4, 0.5) is 0 Å². The molecule has 1 aliphatic rings. The number of fused-ring (bicyclic) bond motifs is 1. The predicted molar refractivity (Wildman–Crippen MR) is 88.6 cm³/mol. The number of carbonyl (C=O) groups is 1. The van der Waals surface area contributed by atoms with Crippen molar-refractivity contribution in [3.8, 4) is 0 Å². The summed E-state index contributed by atoms with van der Waals surface area (Å²) >= 11 is 3.70. The largest absolute Gasteiger partial charge is 0.348 e. The van der Waals surface area contributed by atoms with Gasteiger partial charge in [-0.2, -0.15) is 0 Å². The molecule has 2 aromatic rings. The number of nitrogens with one attached hydrogen (secondary N) is 1. The van der Waals surface area contributed by atoms with Gasteiger partial charge in [-0.15, -0.1) is 0 Å². The summed E-state index contributed by atoms with van der Waals surface area (Å²) in [4.78, 5) is 12.6. The molecule has 3 rings (SSSR count). The van der Waals surface area contributed by atoms with E-state index in [0.717, 1.165) is 17.5 Å². The zero-order valence-electron chi connectivity index (χ0n) is 12.0. The molecule has 21 heavy (non-hydrogen) atoms. The third-order valence-electron chi connectivity index (χ3n) is 4.10. The Bertz CT molecular complexity index is 668. The van der Waals surface area contributed by atoms with Crippen LogP contribution in [0.5, 0.6) is 0 Å². The second-order valence-corrected chi connectivity index (χ2v) is 6.74. The summed E-state index contributed by atoms with van der Waals surface area (Å²) in [6, 6.07) is 16.4. The molecule has 2 atom stereocenters. The van der Waals surface area contributed by atoms with Gasteiger partial charge < -0.3 is 5.32 Å². The smallest absolute Gasteiger partial charge is 0.224 e. The van der Waals surface area contributed by atoms with E-state index in [0.29, 0.717) is 6.42 Å². The number of carbonyl (C=O) groups excluding carboxylic acids is 1. The van der Waals surface area contributed by atoms with Crippen molar-refractivity contribution in [2.24, 2.45) is 0 Å². The molecule has 2 nitrogen and oxygen atoms in total. The lowest BCUT2D eigenvalue weighted by Gasteiger charge is -2.18. The molecule has 0 aromatic heterocycles. The van der Waals surface area contributed by atoms with Crippen molar-refractivity contribution < 1.29 is 4.79 Å². The Morgan fingerprint density at radius 2 is 1.90 bits per heavy atom. The summed E-state index contributed by atoms with van der Waals surface area (Å²) in [6.45, 7) is 2.04. The molecular weight excluding hydrogens is 326 g/mol. The zero-order valence-corrected chi connectivity index (χ0v) is 13.6. The molecule has 0 heterocycles. The van der Waals surface area contributed by atoms with E-state index in [1.54, 1.807) is 0 Å². The molecule has 1 amide bonds. The highest BCUT2D eigenvalue weighted by Crippen LogP contribution is 2.35. The first-order chi connectivity index (χ1) is 10.1. The molecule has 0 spiro atoms. The van der Waals surface area contributed by atoms with Gasteiger partial charge in [-0.1, -0.05) is 64.5 Å². The average molecular weight is 344 g/mol. The van der Waals surface area contributed by atoms with E-state index >= 15 is 0 Å². The maximum Gasteiger partial charge on any atom is 0.224 e. The molecule has 0 aliphatic heterocycles. The first-order valence-electron chi connectivity index (χ1n) is 7.21. The van der Waals surface area contributed by atoms with Crippen molar-refractivity contribution in [3.05, 3.63) is 70.8 Å². The normalized spacial score (nSPS) is 20.1. The van der Waals surface area contributed by atoms with E-state index in [4.69, 9.17) is 0 Å². The van der Waals surface area contributed by atoms with Crippen LogP contribution < -0.4 is 5.32 Å². The van der Waals surface area contributed by atoms with Crippen LogP contribution >= 0.6 is 15.9 Å². The fourth-order valence-corrected chi connectivity index (χ4v) is 3.69. The fraction of sp³-hybridized carbons (Fsp3) is 0.278. The quantitative estimate of drug-likeness (QED) is 0.845. The lowest BCUT2D eigenvalue weighted by molar-refractivity contribution is -0.121. The number of hydrogen-bond donors (Lipinski definition) is 1. The number of hydrogen-bond acceptors (Lipinski definition) is 1. The van der Waals surface area contributed by atoms with Gasteiger partial charge in [0.1, 0.15) is 0 Å². The van der Waals surface area contributed by atoms with Crippen LogP contribution in [0, 0.1) is 6.92 Å². The van der Waals surface area contributed by atoms with E-state index in [1.165, 1.54) is 11.1 Å². The van der Waals surface area contributed by atoms with E-state index < -0.39 is 0 Å². The van der Waals surface area contributed by atoms with Crippen molar-refractivity contribution in [1.29, 1.82) is 0 Å². The summed E-state index contributed by atoms with van der Waals surface area (Å²) in [7, 11) is 0. The first kappa shape index (κ1) is 14.3. The molecule has 1 N–H and O–H groups in total. The van der Waals surface area contributed by atoms with Crippen LogP contribution in [0.2, 0.25) is 0 Å². The number of halogens is 1. The van der Waals surface area contributed by atoms with Gasteiger partial charge in [0.15, 0.2) is 0 Å². The second-order valence-electron chi connectivity index (χ2n) is 5.57. The molecule has 2 aromatic carbocycles. The average Bonchev–Trinajstić information content (AvgIpc) is 2.78. The number of amides is 1. The molecule has 108 valence electrons. The Morgan fingerprint density at radius 3 is 2.71 bits per heavy atom. The molecule has 0 saturated carbocycles. The van der Waals surface area contributed by atoms with E-state index in [2.05, 4.69) is 39.4 Å². The second kappa shape index (κ2) is 6.02. The Labute approximate surface area is 133 Å². The number of alkyl halides is 1. The van der Waals surface area contributed by atoms with Gasteiger partial charge in [0.25, 0.3) is 0 Å². The van der Waals surface area contributed by atoms with Crippen LogP contribution in [-0.2, 0) is 17.6 Å². The Kier molecular flexibility index (Phi) is 4.11. The lowest BCUT2D eigenvalue weighted by Crippen LogP contribution is -2.32. The molecule has 0 bridgehead atoms. The monoisotopic (exact) mass is 343 g/mol. The predicted octanol–water partition coefficient (Wildman–Crippen LogP) is 3.71. The Hall–Kier alpha value is -1.61. The standard InChI is InChI=1S/C18H18BrNO/c1-12-6-2-3-7-13(12)11-17(21)20-18-15-9-5-4-8-14(15)10-16(18)19/h2-9,16,18H,10-11H2,1H3,(H,20,21). The molecule has 0 radical (unpaired) electrons. The van der Waals surface area contributed by atoms with Gasteiger partial charge in [-0.3, -0.25) is 4.79 Å². The minimum absolute atomic E-state index is 0.0673. The minimum atomic E-state index is 0.0673. The van der Waals surface area contributed by atoms with Gasteiger partial charge in [0.2, 0.25) is 5.91 Å². The van der Waals surface area contributed by atoms with Gasteiger partial charge >= 0.3 is 0 Å². The number of rotatable bonds is 3. The van der Waals surface area contributed by atoms with Crippen molar-refractivity contribution in [3.63, 3.8) is 0 Å². The third-order valence-corrected chi connectivity index (χ3v) is 4.95. The highest BCUT2D eigenvalue weighted by Gasteiger charge is 2.31. The van der Waals surface area contributed by atoms with Crippen molar-refractivity contribution >= 4 is 21.8 Å². The summed E-state index contributed by atoms with van der Waals surface area (Å²) in [6.07, 6.45) is 1.40. The maximum atomic E-state index is 12.3. The summed E-state index contributed by atoms with van der Waals surface area (Å²) in [5.74, 6) is 0.0791. The van der Waals surface area contributed by atoms with Crippen LogP contribution in [0.15, 0.2) is 48.5 Å². The maximum absolute atomic E-state index is 12.3. The van der Waals surface area contributed by atoms with Crippen LogP contribution in [0.3, 0.4) is 0 Å². The van der Waals surface area contributed by atoms with Gasteiger partial charge in [-0.05, 0) is 35.6 Å². The van der Waals surface area contributed by atoms with Crippen molar-refractivity contribution in [2.45, 2.75) is 30.6 Å². The van der Waals surface area contributed by atoms with Crippen LogP contribution in [0.1, 0.15) is 28.3 Å². The van der Waals surface area contributed by atoms with Crippen molar-refractivity contribution in [2.75, 3.05) is 0 Å². The van der Waals surface area contributed by atoms with E-state index in [-0.39, 0.29) is 16.8 Å². The molecule has 0 saturated heterocycles. The van der Waals surface area contributed by atoms with Crippen LogP contribution in [-0.4, -0.2) is 10.7 Å². The van der Waals surface area contributed by atoms with E-state index in [9.17, 15) is 4.79 Å². The van der Waals surface area contributed by atoms with E-state index in [1.807, 2.05) is 37.3 Å². The highest BCUT2D eigenvalue weighted by molar-refractivity contribution is 9.09. The van der Waals surface area contributed by atoms with Crippen molar-refractivity contribution in [1.82, 2.24) is 5.32 Å². The lowest BCUT2D eigenvalue weighted by atomic mass is 10.0. The Balaban J connectivity index is 1.72. The highest BCUT2D eigenvalue weighted by atomic mass is 79.9. The summed E-state index contributed by atoms with van der Waals surface area (Å²) in [5, 5.41) is 3.17. The Morgan fingerprint density at radius 1 is 1.19 bits per heavy atom. The van der Waals surface area contributed by atoms with Gasteiger partial charge in [0.05, 0.1) is 12.5 Å². The molecule has 0 fully saturated rings. The van der Waals surface area contributed by atoms with Gasteiger partial charge in [0, 0.05) is 4.83 Å². The molecule has 3 heteroatoms. The fourth-order valence-electron chi connectivity index (χ4n) is 2.92. The molecule has 1 aliphatic carbocycles.